The Kier molecular flexibility index (Phi) is 2.81. The summed E-state index contributed by atoms with van der Waals surface area (Å²) in [4.78, 5) is 23.3. The third-order valence-electron chi connectivity index (χ3n) is 3.33. The quantitative estimate of drug-likeness (QED) is 0.918. The van der Waals surface area contributed by atoms with Gasteiger partial charge in [-0.2, -0.15) is 0 Å². The van der Waals surface area contributed by atoms with E-state index in [1.807, 2.05) is 0 Å². The number of aromatic nitrogens is 1. The Bertz CT molecular complexity index is 779. The van der Waals surface area contributed by atoms with Crippen LogP contribution in [0.4, 0.5) is 14.5 Å². The lowest BCUT2D eigenvalue weighted by molar-refractivity contribution is -0.114. The zero-order chi connectivity index (χ0) is 14.4. The first-order chi connectivity index (χ1) is 9.47. The maximum absolute atomic E-state index is 13.4. The Morgan fingerprint density at radius 1 is 1.30 bits per heavy atom. The molecule has 1 aliphatic rings. The van der Waals surface area contributed by atoms with Crippen molar-refractivity contribution in [3.8, 4) is 0 Å². The van der Waals surface area contributed by atoms with Crippen molar-refractivity contribution in [2.24, 2.45) is 0 Å². The molecule has 20 heavy (non-hydrogen) atoms. The highest BCUT2D eigenvalue weighted by Crippen LogP contribution is 2.37. The monoisotopic (exact) mass is 278 g/mol. The van der Waals surface area contributed by atoms with Crippen LogP contribution in [-0.4, -0.2) is 10.5 Å². The van der Waals surface area contributed by atoms with Gasteiger partial charge in [-0.3, -0.25) is 9.59 Å². The second kappa shape index (κ2) is 4.40. The largest absolute Gasteiger partial charge is 0.342 e. The molecule has 1 saturated carbocycles. The SMILES string of the molecule is CC(=O)Nc1cn(C2CC2)c2cc(F)c(F)cc2c1=O. The van der Waals surface area contributed by atoms with Gasteiger partial charge in [0.05, 0.1) is 10.9 Å². The number of nitrogens with zero attached hydrogens (tertiary/aromatic N) is 1. The molecule has 0 saturated heterocycles. The van der Waals surface area contributed by atoms with E-state index in [9.17, 15) is 18.4 Å². The summed E-state index contributed by atoms with van der Waals surface area (Å²) < 4.78 is 28.5. The number of nitrogens with one attached hydrogen (secondary N) is 1. The zero-order valence-electron chi connectivity index (χ0n) is 10.7. The molecule has 1 N–H and O–H groups in total. The number of anilines is 1. The maximum Gasteiger partial charge on any atom is 0.221 e. The molecule has 1 fully saturated rings. The number of fused-ring (bicyclic) bond motifs is 1. The average Bonchev–Trinajstić information content (AvgIpc) is 3.19. The Morgan fingerprint density at radius 2 is 1.95 bits per heavy atom. The van der Waals surface area contributed by atoms with Crippen LogP contribution >= 0.6 is 0 Å². The van der Waals surface area contributed by atoms with E-state index in [-0.39, 0.29) is 23.0 Å². The van der Waals surface area contributed by atoms with Crippen LogP contribution in [-0.2, 0) is 4.79 Å². The van der Waals surface area contributed by atoms with Crippen LogP contribution in [0.5, 0.6) is 0 Å². The van der Waals surface area contributed by atoms with Gasteiger partial charge < -0.3 is 9.88 Å². The van der Waals surface area contributed by atoms with Gasteiger partial charge in [-0.25, -0.2) is 8.78 Å². The number of hydrogen-bond donors (Lipinski definition) is 1. The van der Waals surface area contributed by atoms with Crippen LogP contribution in [0, 0.1) is 11.6 Å². The van der Waals surface area contributed by atoms with E-state index < -0.39 is 17.1 Å². The van der Waals surface area contributed by atoms with Gasteiger partial charge in [0, 0.05) is 25.2 Å². The highest BCUT2D eigenvalue weighted by Gasteiger charge is 2.26. The molecule has 1 amide bonds. The lowest BCUT2D eigenvalue weighted by Gasteiger charge is -2.13. The van der Waals surface area contributed by atoms with Crippen molar-refractivity contribution < 1.29 is 13.6 Å². The van der Waals surface area contributed by atoms with Crippen molar-refractivity contribution in [3.05, 3.63) is 40.2 Å². The molecule has 1 aromatic carbocycles. The van der Waals surface area contributed by atoms with Crippen LogP contribution in [0.3, 0.4) is 0 Å². The third-order valence-corrected chi connectivity index (χ3v) is 3.33. The summed E-state index contributed by atoms with van der Waals surface area (Å²) in [6.45, 7) is 1.29. The topological polar surface area (TPSA) is 51.1 Å². The van der Waals surface area contributed by atoms with Crippen LogP contribution in [0.1, 0.15) is 25.8 Å². The highest BCUT2D eigenvalue weighted by atomic mass is 19.2. The number of rotatable bonds is 2. The van der Waals surface area contributed by atoms with Gasteiger partial charge in [0.1, 0.15) is 5.69 Å². The molecule has 0 bridgehead atoms. The number of pyridine rings is 1. The van der Waals surface area contributed by atoms with Crippen molar-refractivity contribution in [1.29, 1.82) is 0 Å². The van der Waals surface area contributed by atoms with E-state index in [0.717, 1.165) is 25.0 Å². The Balaban J connectivity index is 2.33. The van der Waals surface area contributed by atoms with E-state index >= 15 is 0 Å². The molecule has 4 nitrogen and oxygen atoms in total. The molecule has 0 radical (unpaired) electrons. The predicted molar refractivity (Wildman–Crippen MR) is 70.7 cm³/mol. The lowest BCUT2D eigenvalue weighted by Crippen LogP contribution is -2.18. The summed E-state index contributed by atoms with van der Waals surface area (Å²) in [6.07, 6.45) is 3.33. The fourth-order valence-corrected chi connectivity index (χ4v) is 2.28. The molecule has 0 spiro atoms. The summed E-state index contributed by atoms with van der Waals surface area (Å²) in [5, 5.41) is 2.51. The standard InChI is InChI=1S/C14H12F2N2O2/c1-7(19)17-12-6-18(8-2-3-8)13-5-11(16)10(15)4-9(13)14(12)20/h4-6,8H,2-3H2,1H3,(H,17,19). The summed E-state index contributed by atoms with van der Waals surface area (Å²) in [5.41, 5.74) is -0.0700. The molecule has 1 aromatic heterocycles. The second-order valence-corrected chi connectivity index (χ2v) is 4.97. The first-order valence-electron chi connectivity index (χ1n) is 6.29. The summed E-state index contributed by atoms with van der Waals surface area (Å²) >= 11 is 0. The minimum atomic E-state index is -1.07. The zero-order valence-corrected chi connectivity index (χ0v) is 10.7. The van der Waals surface area contributed by atoms with Gasteiger partial charge >= 0.3 is 0 Å². The number of amides is 1. The van der Waals surface area contributed by atoms with Crippen molar-refractivity contribution in [1.82, 2.24) is 4.57 Å². The van der Waals surface area contributed by atoms with E-state index in [0.29, 0.717) is 5.52 Å². The first kappa shape index (κ1) is 12.8. The number of benzene rings is 1. The molecule has 0 atom stereocenters. The number of carbonyl (C=O) groups excluding carboxylic acids is 1. The predicted octanol–water partition coefficient (Wildman–Crippen LogP) is 2.57. The summed E-state index contributed by atoms with van der Waals surface area (Å²) in [5.74, 6) is -2.44. The molecule has 1 heterocycles. The number of hydrogen-bond acceptors (Lipinski definition) is 2. The van der Waals surface area contributed by atoms with Gasteiger partial charge in [-0.15, -0.1) is 0 Å². The highest BCUT2D eigenvalue weighted by molar-refractivity contribution is 5.91. The average molecular weight is 278 g/mol. The van der Waals surface area contributed by atoms with Gasteiger partial charge in [-0.1, -0.05) is 0 Å². The maximum atomic E-state index is 13.4. The van der Waals surface area contributed by atoms with E-state index in [2.05, 4.69) is 5.32 Å². The van der Waals surface area contributed by atoms with Gasteiger partial charge in [-0.05, 0) is 18.9 Å². The van der Waals surface area contributed by atoms with Crippen molar-refractivity contribution >= 4 is 22.5 Å². The van der Waals surface area contributed by atoms with Gasteiger partial charge in [0.2, 0.25) is 11.3 Å². The molecule has 2 aromatic rings. The third kappa shape index (κ3) is 2.07. The molecular formula is C14H12F2N2O2. The Labute approximate surface area is 113 Å². The molecule has 3 rings (SSSR count). The van der Waals surface area contributed by atoms with Crippen LogP contribution in [0.2, 0.25) is 0 Å². The van der Waals surface area contributed by atoms with Gasteiger partial charge in [0.25, 0.3) is 0 Å². The normalized spacial score (nSPS) is 14.6. The van der Waals surface area contributed by atoms with E-state index in [1.54, 1.807) is 4.57 Å². The van der Waals surface area contributed by atoms with Crippen LogP contribution in [0.15, 0.2) is 23.1 Å². The molecule has 0 aliphatic heterocycles. The number of carbonyl (C=O) groups is 1. The van der Waals surface area contributed by atoms with Crippen LogP contribution < -0.4 is 10.7 Å². The Hall–Kier alpha value is -2.24. The summed E-state index contributed by atoms with van der Waals surface area (Å²) in [6, 6.07) is 2.08. The molecular weight excluding hydrogens is 266 g/mol. The Morgan fingerprint density at radius 3 is 2.55 bits per heavy atom. The molecule has 104 valence electrons. The summed E-state index contributed by atoms with van der Waals surface area (Å²) in [7, 11) is 0. The fraction of sp³-hybridized carbons (Fsp3) is 0.286. The lowest BCUT2D eigenvalue weighted by atomic mass is 10.1. The van der Waals surface area contributed by atoms with Crippen molar-refractivity contribution in [2.75, 3.05) is 5.32 Å². The van der Waals surface area contributed by atoms with Crippen LogP contribution in [0.25, 0.3) is 10.9 Å². The molecule has 6 heteroatoms. The van der Waals surface area contributed by atoms with Crippen molar-refractivity contribution in [2.45, 2.75) is 25.8 Å². The van der Waals surface area contributed by atoms with Crippen molar-refractivity contribution in [3.63, 3.8) is 0 Å². The van der Waals surface area contributed by atoms with E-state index in [4.69, 9.17) is 0 Å². The smallest absolute Gasteiger partial charge is 0.221 e. The molecule has 1 aliphatic carbocycles. The first-order valence-corrected chi connectivity index (χ1v) is 6.29. The molecule has 0 unspecified atom stereocenters. The minimum Gasteiger partial charge on any atom is -0.342 e. The fourth-order valence-electron chi connectivity index (χ4n) is 2.28. The number of halogens is 2. The van der Waals surface area contributed by atoms with E-state index in [1.165, 1.54) is 13.1 Å². The van der Waals surface area contributed by atoms with Gasteiger partial charge in [0.15, 0.2) is 11.6 Å². The second-order valence-electron chi connectivity index (χ2n) is 4.97. The minimum absolute atomic E-state index is 0.0713.